The largest absolute Gasteiger partial charge is 0.384 e. The van der Waals surface area contributed by atoms with Crippen molar-refractivity contribution in [1.82, 2.24) is 0 Å². The van der Waals surface area contributed by atoms with Gasteiger partial charge in [0, 0.05) is 24.5 Å². The maximum atomic E-state index is 11.9. The molecule has 3 rings (SSSR count). The van der Waals surface area contributed by atoms with E-state index in [0.717, 1.165) is 38.1 Å². The molecule has 1 amide bonds. The van der Waals surface area contributed by atoms with Gasteiger partial charge in [-0.05, 0) is 43.0 Å². The summed E-state index contributed by atoms with van der Waals surface area (Å²) in [5, 5.41) is 6.26. The number of hydrogen-bond acceptors (Lipinski definition) is 3. The topological polar surface area (TPSA) is 50.4 Å². The molecule has 2 N–H and O–H groups in total. The van der Waals surface area contributed by atoms with Crippen molar-refractivity contribution in [3.63, 3.8) is 0 Å². The van der Waals surface area contributed by atoms with Gasteiger partial charge in [-0.1, -0.05) is 0 Å². The zero-order valence-electron chi connectivity index (χ0n) is 10.8. The zero-order valence-corrected chi connectivity index (χ0v) is 11.6. The van der Waals surface area contributed by atoms with Gasteiger partial charge in [0.2, 0.25) is 5.91 Å². The molecule has 5 heteroatoms. The van der Waals surface area contributed by atoms with Crippen molar-refractivity contribution in [3.05, 3.63) is 23.8 Å². The lowest BCUT2D eigenvalue weighted by molar-refractivity contribution is -0.118. The van der Waals surface area contributed by atoms with E-state index in [0.29, 0.717) is 6.42 Å². The number of benzene rings is 1. The van der Waals surface area contributed by atoms with Gasteiger partial charge in [-0.25, -0.2) is 0 Å². The Labute approximate surface area is 119 Å². The van der Waals surface area contributed by atoms with Gasteiger partial charge in [-0.15, -0.1) is 12.4 Å². The van der Waals surface area contributed by atoms with Crippen molar-refractivity contribution < 1.29 is 9.53 Å². The van der Waals surface area contributed by atoms with Crippen LogP contribution in [-0.2, 0) is 16.0 Å². The van der Waals surface area contributed by atoms with Gasteiger partial charge in [0.15, 0.2) is 0 Å². The molecule has 2 heterocycles. The number of carbonyl (C=O) groups is 1. The van der Waals surface area contributed by atoms with E-state index in [1.165, 1.54) is 11.3 Å². The molecule has 1 aromatic rings. The summed E-state index contributed by atoms with van der Waals surface area (Å²) in [6, 6.07) is 6.04. The molecule has 0 radical (unpaired) electrons. The Kier molecular flexibility index (Phi) is 4.66. The SMILES string of the molecule is Cl.O=C(CC1CCCO1)Nc1ccc2c(c1)CCN2. The highest BCUT2D eigenvalue weighted by molar-refractivity contribution is 5.91. The number of nitrogens with one attached hydrogen (secondary N) is 2. The summed E-state index contributed by atoms with van der Waals surface area (Å²) < 4.78 is 5.46. The summed E-state index contributed by atoms with van der Waals surface area (Å²) in [5.74, 6) is 0.0489. The van der Waals surface area contributed by atoms with Crippen molar-refractivity contribution in [3.8, 4) is 0 Å². The molecule has 2 aliphatic heterocycles. The predicted octanol–water partition coefficient (Wildman–Crippen LogP) is 2.58. The van der Waals surface area contributed by atoms with Crippen molar-refractivity contribution in [2.24, 2.45) is 0 Å². The van der Waals surface area contributed by atoms with E-state index < -0.39 is 0 Å². The normalized spacial score (nSPS) is 20.3. The van der Waals surface area contributed by atoms with Crippen LogP contribution < -0.4 is 10.6 Å². The van der Waals surface area contributed by atoms with E-state index in [2.05, 4.69) is 16.7 Å². The third kappa shape index (κ3) is 3.39. The monoisotopic (exact) mass is 282 g/mol. The Bertz CT molecular complexity index is 459. The maximum Gasteiger partial charge on any atom is 0.226 e. The van der Waals surface area contributed by atoms with Crippen molar-refractivity contribution in [2.75, 3.05) is 23.8 Å². The molecule has 0 aromatic heterocycles. The Balaban J connectivity index is 0.00000133. The van der Waals surface area contributed by atoms with E-state index >= 15 is 0 Å². The quantitative estimate of drug-likeness (QED) is 0.896. The van der Waals surface area contributed by atoms with E-state index in [4.69, 9.17) is 4.74 Å². The molecule has 1 saturated heterocycles. The maximum absolute atomic E-state index is 11.9. The highest BCUT2D eigenvalue weighted by atomic mass is 35.5. The van der Waals surface area contributed by atoms with Crippen molar-refractivity contribution in [1.29, 1.82) is 0 Å². The number of fused-ring (bicyclic) bond motifs is 1. The molecule has 19 heavy (non-hydrogen) atoms. The zero-order chi connectivity index (χ0) is 12.4. The lowest BCUT2D eigenvalue weighted by atomic mass is 10.1. The average molecular weight is 283 g/mol. The number of rotatable bonds is 3. The van der Waals surface area contributed by atoms with Crippen LogP contribution in [0.5, 0.6) is 0 Å². The second-order valence-corrected chi connectivity index (χ2v) is 4.94. The van der Waals surface area contributed by atoms with Crippen LogP contribution in [0.2, 0.25) is 0 Å². The summed E-state index contributed by atoms with van der Waals surface area (Å²) in [6.07, 6.45) is 3.69. The van der Waals surface area contributed by atoms with Crippen LogP contribution in [0.15, 0.2) is 18.2 Å². The molecule has 0 aliphatic carbocycles. The number of carbonyl (C=O) groups excluding carboxylic acids is 1. The second-order valence-electron chi connectivity index (χ2n) is 4.94. The second kappa shape index (κ2) is 6.26. The third-order valence-corrected chi connectivity index (χ3v) is 3.54. The molecule has 0 bridgehead atoms. The Morgan fingerprint density at radius 2 is 2.37 bits per heavy atom. The Morgan fingerprint density at radius 1 is 1.47 bits per heavy atom. The van der Waals surface area contributed by atoms with Crippen molar-refractivity contribution in [2.45, 2.75) is 31.8 Å². The number of hydrogen-bond donors (Lipinski definition) is 2. The lowest BCUT2D eigenvalue weighted by Crippen LogP contribution is -2.19. The first-order valence-electron chi connectivity index (χ1n) is 6.59. The van der Waals surface area contributed by atoms with Crippen LogP contribution in [0, 0.1) is 0 Å². The number of anilines is 2. The van der Waals surface area contributed by atoms with Crippen LogP contribution in [0.3, 0.4) is 0 Å². The fraction of sp³-hybridized carbons (Fsp3) is 0.500. The van der Waals surface area contributed by atoms with Crippen LogP contribution in [-0.4, -0.2) is 25.2 Å². The number of ether oxygens (including phenoxy) is 1. The van der Waals surface area contributed by atoms with E-state index in [-0.39, 0.29) is 24.4 Å². The van der Waals surface area contributed by atoms with E-state index in [1.807, 2.05) is 12.1 Å². The predicted molar refractivity (Wildman–Crippen MR) is 78.1 cm³/mol. The smallest absolute Gasteiger partial charge is 0.226 e. The summed E-state index contributed by atoms with van der Waals surface area (Å²) >= 11 is 0. The summed E-state index contributed by atoms with van der Waals surface area (Å²) in [6.45, 7) is 1.78. The van der Waals surface area contributed by atoms with Crippen LogP contribution in [0.4, 0.5) is 11.4 Å². The highest BCUT2D eigenvalue weighted by Crippen LogP contribution is 2.25. The molecule has 4 nitrogen and oxygen atoms in total. The number of halogens is 1. The van der Waals surface area contributed by atoms with Crippen LogP contribution >= 0.6 is 12.4 Å². The Hall–Kier alpha value is -1.26. The Morgan fingerprint density at radius 3 is 3.16 bits per heavy atom. The molecule has 2 aliphatic rings. The minimum atomic E-state index is 0. The molecule has 1 unspecified atom stereocenters. The van der Waals surface area contributed by atoms with Gasteiger partial charge in [0.25, 0.3) is 0 Å². The van der Waals surface area contributed by atoms with Crippen LogP contribution in [0.1, 0.15) is 24.8 Å². The average Bonchev–Trinajstić information content (AvgIpc) is 2.98. The van der Waals surface area contributed by atoms with Gasteiger partial charge in [-0.3, -0.25) is 4.79 Å². The first-order chi connectivity index (χ1) is 8.81. The first kappa shape index (κ1) is 14.2. The molecule has 1 aromatic carbocycles. The van der Waals surface area contributed by atoms with E-state index in [1.54, 1.807) is 0 Å². The van der Waals surface area contributed by atoms with E-state index in [9.17, 15) is 4.79 Å². The fourth-order valence-electron chi connectivity index (χ4n) is 2.61. The summed E-state index contributed by atoms with van der Waals surface area (Å²) in [7, 11) is 0. The van der Waals surface area contributed by atoms with Gasteiger partial charge >= 0.3 is 0 Å². The molecular weight excluding hydrogens is 264 g/mol. The van der Waals surface area contributed by atoms with Crippen LogP contribution in [0.25, 0.3) is 0 Å². The minimum absolute atomic E-state index is 0. The van der Waals surface area contributed by atoms with Gasteiger partial charge in [-0.2, -0.15) is 0 Å². The molecule has 104 valence electrons. The highest BCUT2D eigenvalue weighted by Gasteiger charge is 2.19. The molecule has 0 spiro atoms. The lowest BCUT2D eigenvalue weighted by Gasteiger charge is -2.10. The molecule has 1 atom stereocenters. The molecular formula is C14H19ClN2O2. The van der Waals surface area contributed by atoms with Crippen molar-refractivity contribution >= 4 is 29.7 Å². The fourth-order valence-corrected chi connectivity index (χ4v) is 2.61. The third-order valence-electron chi connectivity index (χ3n) is 3.54. The number of amides is 1. The van der Waals surface area contributed by atoms with Gasteiger partial charge in [0.1, 0.15) is 0 Å². The summed E-state index contributed by atoms with van der Waals surface area (Å²) in [4.78, 5) is 11.9. The molecule has 1 fully saturated rings. The first-order valence-corrected chi connectivity index (χ1v) is 6.59. The van der Waals surface area contributed by atoms with Gasteiger partial charge < -0.3 is 15.4 Å². The summed E-state index contributed by atoms with van der Waals surface area (Å²) in [5.41, 5.74) is 3.36. The standard InChI is InChI=1S/C14H18N2O2.ClH/c17-14(9-12-2-1-7-18-12)16-11-3-4-13-10(8-11)5-6-15-13;/h3-4,8,12,15H,1-2,5-7,9H2,(H,16,17);1H. The minimum Gasteiger partial charge on any atom is -0.384 e. The molecule has 0 saturated carbocycles. The van der Waals surface area contributed by atoms with Gasteiger partial charge in [0.05, 0.1) is 12.5 Å².